The van der Waals surface area contributed by atoms with Gasteiger partial charge < -0.3 is 14.4 Å². The Balaban J connectivity index is 2.64. The average molecular weight is 382 g/mol. The van der Waals surface area contributed by atoms with Crippen LogP contribution in [0, 0.1) is 0 Å². The fourth-order valence-corrected chi connectivity index (χ4v) is 2.50. The van der Waals surface area contributed by atoms with E-state index in [2.05, 4.69) is 0 Å². The van der Waals surface area contributed by atoms with Crippen LogP contribution in [0.5, 0.6) is 5.75 Å². The van der Waals surface area contributed by atoms with Crippen LogP contribution in [-0.2, 0) is 13.8 Å². The fourth-order valence-electron chi connectivity index (χ4n) is 1.71. The molecule has 1 aromatic carbocycles. The Bertz CT molecular complexity index is 660. The van der Waals surface area contributed by atoms with E-state index in [4.69, 9.17) is 20.2 Å². The Morgan fingerprint density at radius 2 is 1.96 bits per heavy atom. The van der Waals surface area contributed by atoms with Gasteiger partial charge in [0.2, 0.25) is 0 Å². The van der Waals surface area contributed by atoms with Gasteiger partial charge in [0.05, 0.1) is 18.0 Å². The van der Waals surface area contributed by atoms with Gasteiger partial charge in [-0.15, -0.1) is 0 Å². The molecular weight excluding hydrogens is 361 g/mol. The number of alkyl halides is 1. The van der Waals surface area contributed by atoms with Gasteiger partial charge in [0.1, 0.15) is 24.6 Å². The zero-order valence-electron chi connectivity index (χ0n) is 13.8. The van der Waals surface area contributed by atoms with Crippen LogP contribution in [0.25, 0.3) is 0 Å². The van der Waals surface area contributed by atoms with E-state index in [1.807, 2.05) is 0 Å². The minimum atomic E-state index is -3.85. The second-order valence-electron chi connectivity index (χ2n) is 5.92. The maximum atomic E-state index is 12.6. The number of hydrogen-bond donors (Lipinski definition) is 0. The molecule has 0 spiro atoms. The summed E-state index contributed by atoms with van der Waals surface area (Å²) in [6.07, 6.45) is -0.638. The minimum absolute atomic E-state index is 0.0467. The fraction of sp³-hybridized carbons (Fsp3) is 0.533. The largest absolute Gasteiger partial charge is 0.492 e. The smallest absolute Gasteiger partial charge is 0.410 e. The lowest BCUT2D eigenvalue weighted by Crippen LogP contribution is -2.40. The van der Waals surface area contributed by atoms with Crippen LogP contribution in [0.3, 0.4) is 0 Å². The maximum absolute atomic E-state index is 12.6. The van der Waals surface area contributed by atoms with Gasteiger partial charge in [0, 0.05) is 16.7 Å². The molecule has 9 heteroatoms. The molecule has 0 radical (unpaired) electrons. The SMILES string of the molecule is CC(C)(C)OC(=O)N(CCF)CCOc1cccc(S(=O)(=O)Cl)c1. The molecule has 0 saturated carbocycles. The van der Waals surface area contributed by atoms with Crippen LogP contribution < -0.4 is 4.74 Å². The van der Waals surface area contributed by atoms with Crippen molar-refractivity contribution in [3.8, 4) is 5.75 Å². The molecule has 0 aliphatic carbocycles. The lowest BCUT2D eigenvalue weighted by atomic mass is 10.2. The monoisotopic (exact) mass is 381 g/mol. The number of benzene rings is 1. The summed E-state index contributed by atoms with van der Waals surface area (Å²) in [6.45, 7) is 4.46. The molecule has 1 aromatic rings. The number of ether oxygens (including phenoxy) is 2. The average Bonchev–Trinajstić information content (AvgIpc) is 2.44. The van der Waals surface area contributed by atoms with Crippen LogP contribution in [0.4, 0.5) is 9.18 Å². The lowest BCUT2D eigenvalue weighted by molar-refractivity contribution is 0.0215. The molecule has 0 N–H and O–H groups in total. The van der Waals surface area contributed by atoms with Crippen molar-refractivity contribution in [1.29, 1.82) is 0 Å². The molecule has 1 rings (SSSR count). The van der Waals surface area contributed by atoms with Gasteiger partial charge in [-0.2, -0.15) is 0 Å². The molecule has 24 heavy (non-hydrogen) atoms. The number of amides is 1. The van der Waals surface area contributed by atoms with E-state index in [0.29, 0.717) is 0 Å². The third-order valence-electron chi connectivity index (χ3n) is 2.72. The highest BCUT2D eigenvalue weighted by atomic mass is 35.7. The number of rotatable bonds is 7. The Morgan fingerprint density at radius 1 is 1.29 bits per heavy atom. The number of halogens is 2. The minimum Gasteiger partial charge on any atom is -0.492 e. The van der Waals surface area contributed by atoms with Crippen LogP contribution in [-0.4, -0.2) is 51.4 Å². The highest BCUT2D eigenvalue weighted by molar-refractivity contribution is 8.13. The van der Waals surface area contributed by atoms with Crippen molar-refractivity contribution >= 4 is 25.8 Å². The standard InChI is InChI=1S/C15H21ClFNO5S/c1-15(2,3)23-14(19)18(8-7-17)9-10-22-12-5-4-6-13(11-12)24(16,20)21/h4-6,11H,7-10H2,1-3H3. The first-order valence-electron chi connectivity index (χ1n) is 7.24. The van der Waals surface area contributed by atoms with Gasteiger partial charge in [-0.05, 0) is 32.9 Å². The van der Waals surface area contributed by atoms with E-state index in [1.165, 1.54) is 23.1 Å². The molecule has 0 bridgehead atoms. The maximum Gasteiger partial charge on any atom is 0.410 e. The van der Waals surface area contributed by atoms with Crippen LogP contribution in [0.1, 0.15) is 20.8 Å². The molecule has 0 atom stereocenters. The van der Waals surface area contributed by atoms with E-state index in [9.17, 15) is 17.6 Å². The summed E-state index contributed by atoms with van der Waals surface area (Å²) in [5.41, 5.74) is -0.685. The molecule has 1 amide bonds. The molecule has 6 nitrogen and oxygen atoms in total. The van der Waals surface area contributed by atoms with Gasteiger partial charge in [0.25, 0.3) is 9.05 Å². The first kappa shape index (κ1) is 20.5. The van der Waals surface area contributed by atoms with Crippen molar-refractivity contribution in [2.24, 2.45) is 0 Å². The summed E-state index contributed by atoms with van der Waals surface area (Å²) in [4.78, 5) is 13.1. The van der Waals surface area contributed by atoms with E-state index in [0.717, 1.165) is 0 Å². The highest BCUT2D eigenvalue weighted by Gasteiger charge is 2.22. The summed E-state index contributed by atoms with van der Waals surface area (Å²) in [5, 5.41) is 0. The first-order chi connectivity index (χ1) is 11.0. The quantitative estimate of drug-likeness (QED) is 0.678. The zero-order chi connectivity index (χ0) is 18.4. The summed E-state index contributed by atoms with van der Waals surface area (Å²) in [5.74, 6) is 0.279. The Kier molecular flexibility index (Phi) is 7.28. The molecule has 0 aliphatic heterocycles. The zero-order valence-corrected chi connectivity index (χ0v) is 15.4. The number of carbonyl (C=O) groups excluding carboxylic acids is 1. The van der Waals surface area contributed by atoms with Gasteiger partial charge in [-0.25, -0.2) is 17.6 Å². The van der Waals surface area contributed by atoms with Crippen LogP contribution in [0.2, 0.25) is 0 Å². The van der Waals surface area contributed by atoms with Crippen molar-refractivity contribution in [1.82, 2.24) is 4.90 Å². The molecule has 0 aromatic heterocycles. The van der Waals surface area contributed by atoms with E-state index >= 15 is 0 Å². The van der Waals surface area contributed by atoms with Crippen molar-refractivity contribution < 1.29 is 27.1 Å². The van der Waals surface area contributed by atoms with Gasteiger partial charge >= 0.3 is 6.09 Å². The Hall–Kier alpha value is -1.54. The second-order valence-corrected chi connectivity index (χ2v) is 8.48. The Morgan fingerprint density at radius 3 is 2.50 bits per heavy atom. The number of nitrogens with zero attached hydrogens (tertiary/aromatic N) is 1. The molecule has 0 fully saturated rings. The number of carbonyl (C=O) groups is 1. The molecule has 0 heterocycles. The summed E-state index contributed by atoms with van der Waals surface area (Å²) in [7, 11) is 1.41. The summed E-state index contributed by atoms with van der Waals surface area (Å²) >= 11 is 0. The van der Waals surface area contributed by atoms with Gasteiger partial charge in [-0.1, -0.05) is 6.07 Å². The van der Waals surface area contributed by atoms with Gasteiger partial charge in [0.15, 0.2) is 0 Å². The predicted octanol–water partition coefficient (Wildman–Crippen LogP) is 3.20. The molecule has 0 aliphatic rings. The van der Waals surface area contributed by atoms with Crippen LogP contribution in [0.15, 0.2) is 29.2 Å². The number of hydrogen-bond acceptors (Lipinski definition) is 5. The third kappa shape index (κ3) is 7.35. The van der Waals surface area contributed by atoms with E-state index in [1.54, 1.807) is 26.8 Å². The van der Waals surface area contributed by atoms with Crippen molar-refractivity contribution in [3.05, 3.63) is 24.3 Å². The third-order valence-corrected chi connectivity index (χ3v) is 4.07. The molecular formula is C15H21ClFNO5S. The van der Waals surface area contributed by atoms with Crippen molar-refractivity contribution in [2.45, 2.75) is 31.3 Å². The van der Waals surface area contributed by atoms with Gasteiger partial charge in [-0.3, -0.25) is 0 Å². The summed E-state index contributed by atoms with van der Waals surface area (Å²) in [6, 6.07) is 5.65. The topological polar surface area (TPSA) is 72.9 Å². The van der Waals surface area contributed by atoms with Crippen LogP contribution >= 0.6 is 10.7 Å². The molecule has 136 valence electrons. The highest BCUT2D eigenvalue weighted by Crippen LogP contribution is 2.20. The second kappa shape index (κ2) is 8.53. The predicted molar refractivity (Wildman–Crippen MR) is 88.8 cm³/mol. The normalized spacial score (nSPS) is 11.9. The molecule has 0 unspecified atom stereocenters. The van der Waals surface area contributed by atoms with E-state index in [-0.39, 0.29) is 30.3 Å². The Labute approximate surface area is 145 Å². The first-order valence-corrected chi connectivity index (χ1v) is 9.55. The lowest BCUT2D eigenvalue weighted by Gasteiger charge is -2.26. The van der Waals surface area contributed by atoms with Crippen molar-refractivity contribution in [2.75, 3.05) is 26.4 Å². The van der Waals surface area contributed by atoms with Crippen molar-refractivity contribution in [3.63, 3.8) is 0 Å². The molecule has 0 saturated heterocycles. The van der Waals surface area contributed by atoms with E-state index < -0.39 is 27.4 Å². The summed E-state index contributed by atoms with van der Waals surface area (Å²) < 4.78 is 45.7.